The van der Waals surface area contributed by atoms with Gasteiger partial charge < -0.3 is 9.72 Å². The van der Waals surface area contributed by atoms with Gasteiger partial charge in [0.25, 0.3) is 0 Å². The van der Waals surface area contributed by atoms with Crippen LogP contribution in [0.4, 0.5) is 0 Å². The number of aromatic amines is 1. The molecule has 0 radical (unpaired) electrons. The number of Topliss-reactive ketones (excluding diaryl/α,β-unsaturated/α-hetero) is 1. The fourth-order valence-corrected chi connectivity index (χ4v) is 3.78. The number of carbonyl (C=O) groups is 2. The van der Waals surface area contributed by atoms with Crippen molar-refractivity contribution in [3.05, 3.63) is 71.9 Å². The maximum Gasteiger partial charge on any atom is 0.304 e. The lowest BCUT2D eigenvalue weighted by molar-refractivity contribution is -0.147. The first kappa shape index (κ1) is 16.5. The van der Waals surface area contributed by atoms with Crippen molar-refractivity contribution in [2.24, 2.45) is 0 Å². The van der Waals surface area contributed by atoms with Crippen molar-refractivity contribution < 1.29 is 14.3 Å². The second kappa shape index (κ2) is 6.42. The smallest absolute Gasteiger partial charge is 0.304 e. The zero-order valence-electron chi connectivity index (χ0n) is 14.5. The lowest BCUT2D eigenvalue weighted by Gasteiger charge is -2.27. The minimum Gasteiger partial charge on any atom is -0.447 e. The average Bonchev–Trinajstić information content (AvgIpc) is 3.28. The number of ketones is 1. The molecule has 2 heterocycles. The van der Waals surface area contributed by atoms with E-state index in [1.54, 1.807) is 0 Å². The largest absolute Gasteiger partial charge is 0.447 e. The highest BCUT2D eigenvalue weighted by atomic mass is 16.6. The van der Waals surface area contributed by atoms with Crippen LogP contribution in [0.5, 0.6) is 0 Å². The number of esters is 1. The number of fused-ring (bicyclic) bond motifs is 1. The number of carbonyl (C=O) groups excluding carboxylic acids is 2. The van der Waals surface area contributed by atoms with Crippen molar-refractivity contribution in [2.75, 3.05) is 6.54 Å². The number of rotatable bonds is 4. The van der Waals surface area contributed by atoms with Crippen molar-refractivity contribution in [3.8, 4) is 0 Å². The third kappa shape index (κ3) is 2.80. The average molecular weight is 348 g/mol. The molecule has 1 aliphatic heterocycles. The molecule has 4 rings (SSSR count). The van der Waals surface area contributed by atoms with Crippen LogP contribution in [0.3, 0.4) is 0 Å². The van der Waals surface area contributed by atoms with Crippen LogP contribution in [0.15, 0.2) is 60.8 Å². The second-order valence-corrected chi connectivity index (χ2v) is 6.74. The molecule has 2 unspecified atom stereocenters. The highest BCUT2D eigenvalue weighted by molar-refractivity contribution is 6.06. The zero-order valence-corrected chi connectivity index (χ0v) is 14.5. The van der Waals surface area contributed by atoms with E-state index in [9.17, 15) is 9.59 Å². The monoisotopic (exact) mass is 348 g/mol. The van der Waals surface area contributed by atoms with Gasteiger partial charge in [-0.1, -0.05) is 30.3 Å². The van der Waals surface area contributed by atoms with Crippen molar-refractivity contribution in [1.82, 2.24) is 10.3 Å². The molecule has 0 bridgehead atoms. The highest BCUT2D eigenvalue weighted by Gasteiger charge is 2.47. The third-order valence-electron chi connectivity index (χ3n) is 5.05. The Morgan fingerprint density at radius 3 is 2.69 bits per heavy atom. The molecule has 1 aliphatic rings. The summed E-state index contributed by atoms with van der Waals surface area (Å²) in [4.78, 5) is 28.1. The van der Waals surface area contributed by atoms with Crippen LogP contribution < -0.4 is 5.32 Å². The van der Waals surface area contributed by atoms with E-state index >= 15 is 0 Å². The first-order valence-electron chi connectivity index (χ1n) is 8.67. The van der Waals surface area contributed by atoms with Gasteiger partial charge in [-0.3, -0.25) is 14.9 Å². The quantitative estimate of drug-likeness (QED) is 0.561. The van der Waals surface area contributed by atoms with Crippen molar-refractivity contribution in [2.45, 2.75) is 25.0 Å². The first-order chi connectivity index (χ1) is 12.6. The summed E-state index contributed by atoms with van der Waals surface area (Å²) in [6, 6.07) is 17.4. The Balaban J connectivity index is 1.75. The molecule has 5 heteroatoms. The normalized spacial score (nSPS) is 22.4. The Morgan fingerprint density at radius 2 is 1.92 bits per heavy atom. The summed E-state index contributed by atoms with van der Waals surface area (Å²) in [6.07, 6.45) is 1.81. The number of ether oxygens (including phenoxy) is 1. The summed E-state index contributed by atoms with van der Waals surface area (Å²) in [6.45, 7) is 1.81. The lowest BCUT2D eigenvalue weighted by Crippen LogP contribution is -2.38. The molecule has 3 aromatic rings. The van der Waals surface area contributed by atoms with E-state index in [1.165, 1.54) is 6.92 Å². The van der Waals surface area contributed by atoms with E-state index in [2.05, 4.69) is 10.3 Å². The van der Waals surface area contributed by atoms with E-state index in [0.29, 0.717) is 18.5 Å². The van der Waals surface area contributed by atoms with Crippen LogP contribution >= 0.6 is 0 Å². The predicted molar refractivity (Wildman–Crippen MR) is 98.9 cm³/mol. The van der Waals surface area contributed by atoms with E-state index < -0.39 is 11.6 Å². The minimum absolute atomic E-state index is 0.0361. The number of aromatic nitrogens is 1. The molecule has 1 saturated heterocycles. The Morgan fingerprint density at radius 1 is 1.12 bits per heavy atom. The number of hydrogen-bond acceptors (Lipinski definition) is 4. The summed E-state index contributed by atoms with van der Waals surface area (Å²) in [7, 11) is 0. The third-order valence-corrected chi connectivity index (χ3v) is 5.05. The van der Waals surface area contributed by atoms with Gasteiger partial charge in [-0.25, -0.2) is 0 Å². The summed E-state index contributed by atoms with van der Waals surface area (Å²) >= 11 is 0. The van der Waals surface area contributed by atoms with Gasteiger partial charge in [0.15, 0.2) is 12.0 Å². The van der Waals surface area contributed by atoms with Crippen LogP contribution in [-0.2, 0) is 14.9 Å². The van der Waals surface area contributed by atoms with Crippen LogP contribution in [0, 0.1) is 0 Å². The minimum atomic E-state index is -0.759. The zero-order chi connectivity index (χ0) is 18.1. The van der Waals surface area contributed by atoms with Crippen LogP contribution in [0.25, 0.3) is 10.9 Å². The topological polar surface area (TPSA) is 71.2 Å². The van der Waals surface area contributed by atoms with Crippen molar-refractivity contribution in [1.29, 1.82) is 0 Å². The van der Waals surface area contributed by atoms with E-state index in [-0.39, 0.29) is 11.8 Å². The maximum absolute atomic E-state index is 13.6. The fourth-order valence-electron chi connectivity index (χ4n) is 3.78. The Kier molecular flexibility index (Phi) is 4.09. The molecule has 0 spiro atoms. The van der Waals surface area contributed by atoms with Gasteiger partial charge in [-0.15, -0.1) is 0 Å². The molecule has 0 amide bonds. The van der Waals surface area contributed by atoms with E-state index in [1.807, 2.05) is 60.8 Å². The van der Waals surface area contributed by atoms with E-state index in [4.69, 9.17) is 4.74 Å². The highest BCUT2D eigenvalue weighted by Crippen LogP contribution is 2.37. The molecule has 0 aliphatic carbocycles. The second-order valence-electron chi connectivity index (χ2n) is 6.74. The van der Waals surface area contributed by atoms with E-state index in [0.717, 1.165) is 16.5 Å². The lowest BCUT2D eigenvalue weighted by atomic mass is 9.73. The summed E-state index contributed by atoms with van der Waals surface area (Å²) in [5.74, 6) is -0.318. The van der Waals surface area contributed by atoms with Crippen molar-refractivity contribution in [3.63, 3.8) is 0 Å². The molecule has 132 valence electrons. The van der Waals surface area contributed by atoms with Gasteiger partial charge in [0, 0.05) is 42.6 Å². The van der Waals surface area contributed by atoms with Gasteiger partial charge in [0.05, 0.1) is 5.41 Å². The molecule has 5 nitrogen and oxygen atoms in total. The van der Waals surface area contributed by atoms with Gasteiger partial charge in [0.1, 0.15) is 0 Å². The van der Waals surface area contributed by atoms with Crippen LogP contribution in [-0.4, -0.2) is 29.5 Å². The molecule has 2 atom stereocenters. The molecule has 2 aromatic carbocycles. The molecule has 1 aromatic heterocycles. The molecule has 26 heavy (non-hydrogen) atoms. The Hall–Kier alpha value is -2.92. The fraction of sp³-hybridized carbons (Fsp3) is 0.238. The molecule has 2 N–H and O–H groups in total. The molecule has 1 fully saturated rings. The Bertz CT molecular complexity index is 964. The van der Waals surface area contributed by atoms with Gasteiger partial charge in [-0.05, 0) is 29.8 Å². The van der Waals surface area contributed by atoms with Crippen LogP contribution in [0.1, 0.15) is 29.3 Å². The summed E-state index contributed by atoms with van der Waals surface area (Å²) in [5.41, 5.74) is 1.83. The standard InChI is InChI=1S/C21H20N2O3/c1-14(24)26-19-12-21(13-23-19,17-5-3-2-4-6-17)20(25)16-7-8-18-15(11-16)9-10-22-18/h2-11,19,22-23H,12-13H2,1H3. The number of nitrogens with one attached hydrogen (secondary N) is 2. The van der Waals surface area contributed by atoms with Gasteiger partial charge in [0.2, 0.25) is 0 Å². The number of benzene rings is 2. The first-order valence-corrected chi connectivity index (χ1v) is 8.67. The molecular weight excluding hydrogens is 328 g/mol. The van der Waals surface area contributed by atoms with Gasteiger partial charge >= 0.3 is 5.97 Å². The summed E-state index contributed by atoms with van der Waals surface area (Å²) < 4.78 is 5.32. The number of H-pyrrole nitrogens is 1. The van der Waals surface area contributed by atoms with Gasteiger partial charge in [-0.2, -0.15) is 0 Å². The SMILES string of the molecule is CC(=O)OC1CC(C(=O)c2ccc3[nH]ccc3c2)(c2ccccc2)CN1. The summed E-state index contributed by atoms with van der Waals surface area (Å²) in [5, 5.41) is 4.19. The molecular formula is C21H20N2O3. The maximum atomic E-state index is 13.6. The number of hydrogen-bond donors (Lipinski definition) is 2. The van der Waals surface area contributed by atoms with Crippen molar-refractivity contribution >= 4 is 22.7 Å². The predicted octanol–water partition coefficient (Wildman–Crippen LogP) is 3.17. The van der Waals surface area contributed by atoms with Crippen LogP contribution in [0.2, 0.25) is 0 Å². The molecule has 0 saturated carbocycles. The Labute approximate surface area is 151 Å².